The summed E-state index contributed by atoms with van der Waals surface area (Å²) in [5.74, 6) is -11.2. The maximum absolute atomic E-state index is 15.3. The molecule has 536 valence electrons. The van der Waals surface area contributed by atoms with E-state index in [2.05, 4.69) is 47.5 Å². The van der Waals surface area contributed by atoms with E-state index in [-0.39, 0.29) is 103 Å². The summed E-state index contributed by atoms with van der Waals surface area (Å²) in [6, 6.07) is 12.5. The second-order valence-electron chi connectivity index (χ2n) is 24.3. The summed E-state index contributed by atoms with van der Waals surface area (Å²) in [7, 11) is 1.86. The molecule has 0 bridgehead atoms. The maximum Gasteiger partial charge on any atom is 0.317 e. The number of nitrogens with one attached hydrogen (secondary N) is 9. The molecular formula is C65H92N14O17S2. The molecule has 2 aliphatic rings. The lowest BCUT2D eigenvalue weighted by molar-refractivity contribution is -0.140. The van der Waals surface area contributed by atoms with Crippen LogP contribution in [0.15, 0.2) is 91.1 Å². The molecule has 3 aromatic carbocycles. The highest BCUT2D eigenvalue weighted by Crippen LogP contribution is 2.25. The summed E-state index contributed by atoms with van der Waals surface area (Å²) in [6.07, 6.45) is -1.04. The van der Waals surface area contributed by atoms with E-state index >= 15 is 14.4 Å². The summed E-state index contributed by atoms with van der Waals surface area (Å²) in [5, 5.41) is 83.1. The van der Waals surface area contributed by atoms with E-state index < -0.39 is 152 Å². The number of benzene rings is 3. The first-order valence-corrected chi connectivity index (χ1v) is 34.9. The van der Waals surface area contributed by atoms with Gasteiger partial charge in [0.15, 0.2) is 0 Å². The lowest BCUT2D eigenvalue weighted by atomic mass is 10.0. The molecule has 3 unspecified atom stereocenters. The highest BCUT2D eigenvalue weighted by atomic mass is 33.1. The van der Waals surface area contributed by atoms with Crippen LogP contribution in [0.4, 0.5) is 0 Å². The molecule has 0 aliphatic carbocycles. The zero-order valence-electron chi connectivity index (χ0n) is 54.8. The Bertz CT molecular complexity index is 3270. The van der Waals surface area contributed by atoms with Gasteiger partial charge in [0.25, 0.3) is 0 Å². The average molecular weight is 1410 g/mol. The summed E-state index contributed by atoms with van der Waals surface area (Å²) < 4.78 is 0. The monoisotopic (exact) mass is 1400 g/mol. The number of aliphatic hydroxyl groups excluding tert-OH is 3. The predicted molar refractivity (Wildman–Crippen MR) is 365 cm³/mol. The van der Waals surface area contributed by atoms with Gasteiger partial charge in [0.2, 0.25) is 47.3 Å². The van der Waals surface area contributed by atoms with Gasteiger partial charge in [-0.05, 0) is 62.4 Å². The Morgan fingerprint density at radius 2 is 1.08 bits per heavy atom. The first-order chi connectivity index (χ1) is 46.9. The minimum absolute atomic E-state index is 0.0330. The second-order valence-corrected chi connectivity index (χ2v) is 26.8. The van der Waals surface area contributed by atoms with Crippen molar-refractivity contribution in [3.63, 3.8) is 0 Å². The Morgan fingerprint density at radius 3 is 1.62 bits per heavy atom. The third kappa shape index (κ3) is 26.5. The molecule has 31 nitrogen and oxygen atoms in total. The molecule has 0 radical (unpaired) electrons. The highest BCUT2D eigenvalue weighted by molar-refractivity contribution is 8.76. The van der Waals surface area contributed by atoms with E-state index in [1.54, 1.807) is 98.6 Å². The molecule has 2 fully saturated rings. The largest absolute Gasteiger partial charge is 0.480 e. The molecule has 1 aromatic heterocycles. The molecule has 0 spiro atoms. The SMILES string of the molecule is C[C@@H](O)C1NC(=O)C(CCCCN)NC(=O)[C@@H](Cc2c[nH]c3ccccc23)NC(=O)[C@H](Cc2ccccc2)NC(=O)C(NC(=O)[C@@H](Cc2ccccc2)NC(=O)CN2CCN(CC(=O)O)CCN(CC(=O)O)CCN(CC(=O)O)CC2)CSSC[C@@H](C(=O)N[C@H](CO)[C@@H](C)O)NC1=O. The Kier molecular flexibility index (Phi) is 32.6. The van der Waals surface area contributed by atoms with E-state index in [0.717, 1.165) is 21.6 Å². The summed E-state index contributed by atoms with van der Waals surface area (Å²) >= 11 is 0. The zero-order valence-corrected chi connectivity index (χ0v) is 56.5. The molecule has 2 saturated heterocycles. The van der Waals surface area contributed by atoms with Gasteiger partial charge in [0.1, 0.15) is 42.3 Å². The molecule has 98 heavy (non-hydrogen) atoms. The van der Waals surface area contributed by atoms with Crippen molar-refractivity contribution in [1.82, 2.24) is 67.1 Å². The van der Waals surface area contributed by atoms with Gasteiger partial charge in [-0.15, -0.1) is 0 Å². The van der Waals surface area contributed by atoms with Crippen LogP contribution in [0, 0.1) is 0 Å². The number of aromatic amines is 1. The van der Waals surface area contributed by atoms with Gasteiger partial charge in [-0.2, -0.15) is 0 Å². The smallest absolute Gasteiger partial charge is 0.317 e. The topological polar surface area (TPSA) is 460 Å². The van der Waals surface area contributed by atoms with Crippen molar-refractivity contribution in [3.8, 4) is 0 Å². The van der Waals surface area contributed by atoms with Gasteiger partial charge in [-0.25, -0.2) is 0 Å². The third-order valence-corrected chi connectivity index (χ3v) is 18.9. The third-order valence-electron chi connectivity index (χ3n) is 16.5. The number of nitrogens with two attached hydrogens (primary N) is 1. The van der Waals surface area contributed by atoms with Crippen molar-refractivity contribution in [2.45, 2.75) is 113 Å². The number of carboxylic acids is 3. The number of amides is 8. The number of aliphatic carboxylic acids is 3. The standard InChI is InChI=1S/C65H92N14O17S2/c1-40(81)51(37-80)72-64(95)53-39-98-97-38-52(73-60(91)48(29-42-13-5-3-6-14-42)68-54(83)33-76-21-23-77(34-55(84)85)25-27-79(36-57(88)89)28-26-78(24-22-76)35-56(86)87)63(94)70-49(30-43-15-7-4-8-16-43)61(92)71-50(31-44-32-67-46-18-10-9-17-45(44)46)62(93)69-47(19-11-12-20-66)59(90)75-58(41(2)82)65(96)74-53/h3-10,13-18,32,40-41,47-53,58,67,80-82H,11-12,19-31,33-39,66H2,1-2H3,(H,68,83)(H,69,93)(H,70,94)(H,71,92)(H,72,95)(H,73,91)(H,74,96)(H,75,90)(H,84,85)(H,86,87)(H,88,89)/t40-,41-,47?,48-,49+,50-,51-,52?,53+,58?/m1/s1. The van der Waals surface area contributed by atoms with Crippen LogP contribution in [0.25, 0.3) is 10.9 Å². The van der Waals surface area contributed by atoms with Crippen molar-refractivity contribution in [2.24, 2.45) is 5.73 Å². The summed E-state index contributed by atoms with van der Waals surface area (Å²) in [6.45, 7) is 1.25. The molecule has 6 rings (SSSR count). The number of para-hydroxylation sites is 1. The maximum atomic E-state index is 15.3. The van der Waals surface area contributed by atoms with Crippen LogP contribution >= 0.6 is 21.6 Å². The number of nitrogens with zero attached hydrogens (tertiary/aromatic N) is 4. The van der Waals surface area contributed by atoms with Gasteiger partial charge in [-0.1, -0.05) is 100 Å². The van der Waals surface area contributed by atoms with E-state index in [1.165, 1.54) is 13.8 Å². The average Bonchev–Trinajstić information content (AvgIpc) is 1.66. The summed E-state index contributed by atoms with van der Waals surface area (Å²) in [5.41, 5.74) is 8.27. The van der Waals surface area contributed by atoms with Crippen LogP contribution in [0.2, 0.25) is 0 Å². The van der Waals surface area contributed by atoms with Crippen LogP contribution in [0.5, 0.6) is 0 Å². The van der Waals surface area contributed by atoms with Crippen LogP contribution in [0.3, 0.4) is 0 Å². The van der Waals surface area contributed by atoms with Gasteiger partial charge in [0.05, 0.1) is 51.0 Å². The quantitative estimate of drug-likeness (QED) is 0.0218. The molecular weight excluding hydrogens is 1310 g/mol. The molecule has 4 aromatic rings. The van der Waals surface area contributed by atoms with E-state index in [0.29, 0.717) is 40.4 Å². The van der Waals surface area contributed by atoms with Crippen LogP contribution in [0.1, 0.15) is 49.8 Å². The Labute approximate surface area is 575 Å². The number of unbranched alkanes of at least 4 members (excludes halogenated alkanes) is 1. The summed E-state index contributed by atoms with van der Waals surface area (Å²) in [4.78, 5) is 163. The Morgan fingerprint density at radius 1 is 0.582 bits per heavy atom. The number of rotatable bonds is 26. The molecule has 10 atom stereocenters. The van der Waals surface area contributed by atoms with Crippen LogP contribution in [-0.2, 0) is 72.0 Å². The second kappa shape index (κ2) is 40.6. The van der Waals surface area contributed by atoms with Gasteiger partial charge >= 0.3 is 17.9 Å². The minimum Gasteiger partial charge on any atom is -0.480 e. The zero-order chi connectivity index (χ0) is 71.3. The van der Waals surface area contributed by atoms with Gasteiger partial charge in [-0.3, -0.25) is 72.3 Å². The van der Waals surface area contributed by atoms with Crippen LogP contribution in [-0.4, -0.2) is 284 Å². The molecule has 0 saturated carbocycles. The number of carbonyl (C=O) groups is 11. The molecule has 8 amide bonds. The molecule has 3 heterocycles. The minimum atomic E-state index is -1.76. The number of aliphatic hydroxyl groups is 3. The molecule has 33 heteroatoms. The predicted octanol–water partition coefficient (Wildman–Crippen LogP) is -3.17. The van der Waals surface area contributed by atoms with Crippen molar-refractivity contribution in [1.29, 1.82) is 0 Å². The van der Waals surface area contributed by atoms with Crippen molar-refractivity contribution < 1.29 is 83.4 Å². The van der Waals surface area contributed by atoms with Crippen molar-refractivity contribution in [2.75, 3.05) is 103 Å². The Balaban J connectivity index is 1.39. The lowest BCUT2D eigenvalue weighted by Crippen LogP contribution is -2.62. The van der Waals surface area contributed by atoms with Gasteiger partial charge in [0, 0.05) is 100 Å². The van der Waals surface area contributed by atoms with E-state index in [4.69, 9.17) is 5.73 Å². The molecule has 17 N–H and O–H groups in total. The normalized spacial score (nSPS) is 22.1. The van der Waals surface area contributed by atoms with Gasteiger partial charge < -0.3 is 83.9 Å². The van der Waals surface area contributed by atoms with Crippen molar-refractivity contribution in [3.05, 3.63) is 108 Å². The highest BCUT2D eigenvalue weighted by Gasteiger charge is 2.37. The number of H-pyrrole nitrogens is 1. The number of fused-ring (bicyclic) bond motifs is 1. The van der Waals surface area contributed by atoms with Crippen molar-refractivity contribution >= 4 is 97.7 Å². The number of carbonyl (C=O) groups excluding carboxylic acids is 8. The first kappa shape index (κ1) is 78.7. The first-order valence-electron chi connectivity index (χ1n) is 32.4. The molecule has 2 aliphatic heterocycles. The Hall–Kier alpha value is -8.25. The number of hydrogen-bond acceptors (Lipinski definition) is 21. The fourth-order valence-electron chi connectivity index (χ4n) is 11.0. The number of carboxylic acid groups (broad SMARTS) is 3. The van der Waals surface area contributed by atoms with E-state index in [1.807, 2.05) is 12.1 Å². The van der Waals surface area contributed by atoms with Crippen LogP contribution < -0.4 is 48.3 Å². The van der Waals surface area contributed by atoms with E-state index in [9.17, 15) is 69.0 Å². The fraction of sp³-hybridized carbons (Fsp3) is 0.523. The number of hydrogen-bond donors (Lipinski definition) is 16. The lowest BCUT2D eigenvalue weighted by Gasteiger charge is -2.33. The number of aromatic nitrogens is 1. The fourth-order valence-corrected chi connectivity index (χ4v) is 13.4.